The first kappa shape index (κ1) is 13.4. The number of carbonyl (C=O) groups is 1. The highest BCUT2D eigenvalue weighted by Gasteiger charge is 2.38. The number of benzene rings is 1. The molecule has 0 saturated heterocycles. The summed E-state index contributed by atoms with van der Waals surface area (Å²) in [5.41, 5.74) is -0.383. The average Bonchev–Trinajstić information content (AvgIpc) is 2.65. The van der Waals surface area contributed by atoms with Gasteiger partial charge in [0.1, 0.15) is 11.2 Å². The zero-order chi connectivity index (χ0) is 13.7. The first-order valence-electron chi connectivity index (χ1n) is 6.68. The van der Waals surface area contributed by atoms with Crippen LogP contribution in [0.2, 0.25) is 0 Å². The largest absolute Gasteiger partial charge is 0.508 e. The van der Waals surface area contributed by atoms with Gasteiger partial charge in [-0.05, 0) is 25.0 Å². The Morgan fingerprint density at radius 1 is 1.26 bits per heavy atom. The molecular formula is C15H18N2O2. The summed E-state index contributed by atoms with van der Waals surface area (Å²) in [5.74, 6) is -0.146. The van der Waals surface area contributed by atoms with Gasteiger partial charge in [-0.2, -0.15) is 5.26 Å². The Labute approximate surface area is 113 Å². The Morgan fingerprint density at radius 3 is 2.53 bits per heavy atom. The molecule has 0 heterocycles. The summed E-state index contributed by atoms with van der Waals surface area (Å²) in [7, 11) is 0. The molecule has 0 unspecified atom stereocenters. The van der Waals surface area contributed by atoms with Crippen LogP contribution in [-0.2, 0) is 4.79 Å². The van der Waals surface area contributed by atoms with Crippen LogP contribution < -0.4 is 5.32 Å². The van der Waals surface area contributed by atoms with Crippen molar-refractivity contribution in [1.82, 2.24) is 0 Å². The molecule has 1 aliphatic rings. The molecule has 1 fully saturated rings. The standard InChI is InChI=1S/C15H18N2O2/c16-11-15(8-3-1-2-4-9-15)14(19)17-12-6-5-7-13(18)10-12/h5-7,10,18H,1-4,8-9H2,(H,17,19). The minimum Gasteiger partial charge on any atom is -0.508 e. The van der Waals surface area contributed by atoms with Crippen molar-refractivity contribution in [3.05, 3.63) is 24.3 Å². The minimum atomic E-state index is -0.915. The first-order valence-corrected chi connectivity index (χ1v) is 6.68. The molecule has 1 saturated carbocycles. The summed E-state index contributed by atoms with van der Waals surface area (Å²) in [6.45, 7) is 0. The Kier molecular flexibility index (Phi) is 4.06. The zero-order valence-electron chi connectivity index (χ0n) is 10.9. The van der Waals surface area contributed by atoms with Crippen molar-refractivity contribution in [1.29, 1.82) is 5.26 Å². The van der Waals surface area contributed by atoms with E-state index in [2.05, 4.69) is 11.4 Å². The summed E-state index contributed by atoms with van der Waals surface area (Å²) < 4.78 is 0. The molecule has 19 heavy (non-hydrogen) atoms. The summed E-state index contributed by atoms with van der Waals surface area (Å²) in [5, 5.41) is 21.5. The maximum Gasteiger partial charge on any atom is 0.244 e. The number of anilines is 1. The van der Waals surface area contributed by atoms with Gasteiger partial charge < -0.3 is 10.4 Å². The zero-order valence-corrected chi connectivity index (χ0v) is 10.9. The van der Waals surface area contributed by atoms with Crippen molar-refractivity contribution < 1.29 is 9.90 Å². The molecule has 0 radical (unpaired) electrons. The van der Waals surface area contributed by atoms with E-state index in [0.29, 0.717) is 18.5 Å². The second-order valence-electron chi connectivity index (χ2n) is 5.11. The molecule has 1 aliphatic carbocycles. The normalized spacial score (nSPS) is 18.1. The molecule has 0 aromatic heterocycles. The maximum atomic E-state index is 12.4. The highest BCUT2D eigenvalue weighted by molar-refractivity contribution is 5.97. The lowest BCUT2D eigenvalue weighted by Gasteiger charge is -2.23. The smallest absolute Gasteiger partial charge is 0.244 e. The van der Waals surface area contributed by atoms with Crippen LogP contribution in [0.1, 0.15) is 38.5 Å². The number of rotatable bonds is 2. The topological polar surface area (TPSA) is 73.1 Å². The third-order valence-corrected chi connectivity index (χ3v) is 3.71. The predicted octanol–water partition coefficient (Wildman–Crippen LogP) is 3.19. The maximum absolute atomic E-state index is 12.4. The quantitative estimate of drug-likeness (QED) is 0.800. The number of phenols is 1. The molecule has 0 spiro atoms. The van der Waals surface area contributed by atoms with E-state index in [1.54, 1.807) is 18.2 Å². The number of hydrogen-bond donors (Lipinski definition) is 2. The molecule has 0 atom stereocenters. The molecule has 0 aliphatic heterocycles. The number of aromatic hydroxyl groups is 1. The number of nitriles is 1. The van der Waals surface area contributed by atoms with Gasteiger partial charge in [0.05, 0.1) is 6.07 Å². The van der Waals surface area contributed by atoms with E-state index in [4.69, 9.17) is 0 Å². The first-order chi connectivity index (χ1) is 9.16. The second-order valence-corrected chi connectivity index (χ2v) is 5.11. The van der Waals surface area contributed by atoms with Gasteiger partial charge >= 0.3 is 0 Å². The highest BCUT2D eigenvalue weighted by atomic mass is 16.3. The second kappa shape index (κ2) is 5.75. The van der Waals surface area contributed by atoms with E-state index in [1.165, 1.54) is 6.07 Å². The Balaban J connectivity index is 2.15. The fourth-order valence-electron chi connectivity index (χ4n) is 2.56. The molecule has 100 valence electrons. The van der Waals surface area contributed by atoms with Gasteiger partial charge in [-0.1, -0.05) is 31.7 Å². The van der Waals surface area contributed by atoms with Gasteiger partial charge in [0.15, 0.2) is 0 Å². The Morgan fingerprint density at radius 2 is 1.95 bits per heavy atom. The van der Waals surface area contributed by atoms with Crippen molar-refractivity contribution in [3.63, 3.8) is 0 Å². The third-order valence-electron chi connectivity index (χ3n) is 3.71. The number of phenolic OH excluding ortho intramolecular Hbond substituents is 1. The number of amides is 1. The number of nitrogens with zero attached hydrogens (tertiary/aromatic N) is 1. The molecule has 1 amide bonds. The lowest BCUT2D eigenvalue weighted by Crippen LogP contribution is -2.34. The molecule has 0 bridgehead atoms. The minimum absolute atomic E-state index is 0.102. The van der Waals surface area contributed by atoms with E-state index in [1.807, 2.05) is 0 Å². The van der Waals surface area contributed by atoms with Gasteiger partial charge in [0, 0.05) is 11.8 Å². The van der Waals surface area contributed by atoms with E-state index < -0.39 is 5.41 Å². The summed E-state index contributed by atoms with van der Waals surface area (Å²) >= 11 is 0. The van der Waals surface area contributed by atoms with Crippen molar-refractivity contribution in [2.24, 2.45) is 5.41 Å². The van der Waals surface area contributed by atoms with Crippen LogP contribution in [0.15, 0.2) is 24.3 Å². The fourth-order valence-corrected chi connectivity index (χ4v) is 2.56. The average molecular weight is 258 g/mol. The van der Waals surface area contributed by atoms with Crippen LogP contribution in [0.4, 0.5) is 5.69 Å². The summed E-state index contributed by atoms with van der Waals surface area (Å²) in [6.07, 6.45) is 5.25. The molecule has 2 rings (SSSR count). The van der Waals surface area contributed by atoms with Crippen molar-refractivity contribution in [2.75, 3.05) is 5.32 Å². The predicted molar refractivity (Wildman–Crippen MR) is 72.5 cm³/mol. The SMILES string of the molecule is N#CC1(C(=O)Nc2cccc(O)c2)CCCCCC1. The highest BCUT2D eigenvalue weighted by Crippen LogP contribution is 2.35. The lowest BCUT2D eigenvalue weighted by atomic mass is 9.81. The van der Waals surface area contributed by atoms with E-state index >= 15 is 0 Å². The van der Waals surface area contributed by atoms with Gasteiger partial charge in [0.25, 0.3) is 0 Å². The van der Waals surface area contributed by atoms with Crippen LogP contribution >= 0.6 is 0 Å². The van der Waals surface area contributed by atoms with Crippen LogP contribution in [0.3, 0.4) is 0 Å². The van der Waals surface area contributed by atoms with Crippen LogP contribution in [0.5, 0.6) is 5.75 Å². The molecule has 1 aromatic rings. The van der Waals surface area contributed by atoms with Crippen molar-refractivity contribution >= 4 is 11.6 Å². The monoisotopic (exact) mass is 258 g/mol. The van der Waals surface area contributed by atoms with Crippen molar-refractivity contribution in [3.8, 4) is 11.8 Å². The van der Waals surface area contributed by atoms with E-state index in [-0.39, 0.29) is 11.7 Å². The fraction of sp³-hybridized carbons (Fsp3) is 0.467. The van der Waals surface area contributed by atoms with Gasteiger partial charge in [-0.15, -0.1) is 0 Å². The van der Waals surface area contributed by atoms with E-state index in [9.17, 15) is 15.2 Å². The van der Waals surface area contributed by atoms with Crippen molar-refractivity contribution in [2.45, 2.75) is 38.5 Å². The van der Waals surface area contributed by atoms with Crippen LogP contribution in [0.25, 0.3) is 0 Å². The van der Waals surface area contributed by atoms with Crippen LogP contribution in [-0.4, -0.2) is 11.0 Å². The van der Waals surface area contributed by atoms with Gasteiger partial charge in [-0.25, -0.2) is 0 Å². The Bertz CT molecular complexity index is 497. The third kappa shape index (κ3) is 3.05. The summed E-state index contributed by atoms with van der Waals surface area (Å²) in [6, 6.07) is 8.62. The molecule has 4 heteroatoms. The molecular weight excluding hydrogens is 240 g/mol. The number of hydrogen-bond acceptors (Lipinski definition) is 3. The van der Waals surface area contributed by atoms with Gasteiger partial charge in [0.2, 0.25) is 5.91 Å². The van der Waals surface area contributed by atoms with Gasteiger partial charge in [-0.3, -0.25) is 4.79 Å². The van der Waals surface area contributed by atoms with E-state index in [0.717, 1.165) is 25.7 Å². The molecule has 2 N–H and O–H groups in total. The molecule has 1 aromatic carbocycles. The lowest BCUT2D eigenvalue weighted by molar-refractivity contribution is -0.123. The summed E-state index contributed by atoms with van der Waals surface area (Å²) in [4.78, 5) is 12.4. The molecule has 4 nitrogen and oxygen atoms in total. The number of nitrogens with one attached hydrogen (secondary N) is 1. The number of carbonyl (C=O) groups excluding carboxylic acids is 1. The Hall–Kier alpha value is -2.02. The van der Waals surface area contributed by atoms with Crippen LogP contribution in [0, 0.1) is 16.7 Å².